The van der Waals surface area contributed by atoms with Gasteiger partial charge in [0.25, 0.3) is 5.56 Å². The highest BCUT2D eigenvalue weighted by Crippen LogP contribution is 2.31. The van der Waals surface area contributed by atoms with E-state index in [1.54, 1.807) is 49.5 Å². The van der Waals surface area contributed by atoms with Crippen LogP contribution < -0.4 is 19.9 Å². The van der Waals surface area contributed by atoms with Crippen LogP contribution in [0.3, 0.4) is 0 Å². The van der Waals surface area contributed by atoms with Gasteiger partial charge in [0.1, 0.15) is 0 Å². The van der Waals surface area contributed by atoms with Gasteiger partial charge in [-0.05, 0) is 49.7 Å². The average Bonchev–Trinajstić information content (AvgIpc) is 2.88. The van der Waals surface area contributed by atoms with Crippen molar-refractivity contribution in [1.29, 1.82) is 0 Å². The molecule has 0 unspecified atom stereocenters. The van der Waals surface area contributed by atoms with Gasteiger partial charge < -0.3 is 14.4 Å². The largest absolute Gasteiger partial charge is 0.493 e. The summed E-state index contributed by atoms with van der Waals surface area (Å²) in [6.07, 6.45) is 0. The fourth-order valence-electron chi connectivity index (χ4n) is 3.95. The lowest BCUT2D eigenvalue weighted by Crippen LogP contribution is -2.33. The van der Waals surface area contributed by atoms with Crippen LogP contribution in [-0.4, -0.2) is 42.0 Å². The van der Waals surface area contributed by atoms with Crippen molar-refractivity contribution in [3.05, 3.63) is 82.6 Å². The van der Waals surface area contributed by atoms with Gasteiger partial charge in [-0.1, -0.05) is 42.1 Å². The van der Waals surface area contributed by atoms with Crippen LogP contribution in [0.2, 0.25) is 0 Å². The van der Waals surface area contributed by atoms with Crippen molar-refractivity contribution in [2.45, 2.75) is 19.0 Å². The highest BCUT2D eigenvalue weighted by atomic mass is 32.2. The maximum Gasteiger partial charge on any atom is 0.266 e. The molecule has 0 saturated heterocycles. The van der Waals surface area contributed by atoms with Gasteiger partial charge in [0.15, 0.2) is 16.7 Å². The molecule has 1 heterocycles. The summed E-state index contributed by atoms with van der Waals surface area (Å²) in [6.45, 7) is 4.47. The highest BCUT2D eigenvalue weighted by Gasteiger charge is 2.20. The number of rotatable bonds is 8. The number of anilines is 1. The van der Waals surface area contributed by atoms with Gasteiger partial charge in [-0.15, -0.1) is 0 Å². The molecule has 0 bridgehead atoms. The minimum absolute atomic E-state index is 0.0620. The van der Waals surface area contributed by atoms with Crippen LogP contribution in [0.1, 0.15) is 12.5 Å². The Morgan fingerprint density at radius 2 is 1.71 bits per heavy atom. The van der Waals surface area contributed by atoms with Crippen LogP contribution in [-0.2, 0) is 4.79 Å². The Morgan fingerprint density at radius 1 is 1.00 bits per heavy atom. The van der Waals surface area contributed by atoms with Crippen molar-refractivity contribution < 1.29 is 14.3 Å². The Kier molecular flexibility index (Phi) is 7.41. The number of thioether (sulfide) groups is 1. The summed E-state index contributed by atoms with van der Waals surface area (Å²) >= 11 is 1.24. The lowest BCUT2D eigenvalue weighted by atomic mass is 10.2. The number of carbonyl (C=O) groups excluding carboxylic acids is 1. The molecule has 8 heteroatoms. The maximum atomic E-state index is 13.5. The van der Waals surface area contributed by atoms with Crippen LogP contribution in [0.15, 0.2) is 76.7 Å². The third-order valence-corrected chi connectivity index (χ3v) is 6.64. The maximum absolute atomic E-state index is 13.5. The van der Waals surface area contributed by atoms with Crippen molar-refractivity contribution >= 4 is 34.3 Å². The molecule has 7 nitrogen and oxygen atoms in total. The molecule has 0 spiro atoms. The number of ether oxygens (including phenoxy) is 2. The number of methoxy groups -OCH3 is 2. The quantitative estimate of drug-likeness (QED) is 0.260. The van der Waals surface area contributed by atoms with Crippen LogP contribution in [0.4, 0.5) is 5.69 Å². The molecule has 0 N–H and O–H groups in total. The van der Waals surface area contributed by atoms with Gasteiger partial charge in [-0.2, -0.15) is 0 Å². The molecule has 1 aromatic heterocycles. The number of amides is 1. The van der Waals surface area contributed by atoms with Crippen LogP contribution >= 0.6 is 11.8 Å². The van der Waals surface area contributed by atoms with Crippen molar-refractivity contribution in [3.63, 3.8) is 0 Å². The first kappa shape index (κ1) is 24.3. The first-order chi connectivity index (χ1) is 17.0. The number of nitrogens with zero attached hydrogens (tertiary/aromatic N) is 3. The Balaban J connectivity index is 1.75. The second kappa shape index (κ2) is 10.7. The molecule has 0 aliphatic heterocycles. The molecular weight excluding hydrogens is 462 g/mol. The summed E-state index contributed by atoms with van der Waals surface area (Å²) in [5.41, 5.74) is 2.84. The average molecular weight is 490 g/mol. The number of hydrogen-bond donors (Lipinski definition) is 0. The van der Waals surface area contributed by atoms with Gasteiger partial charge in [-0.3, -0.25) is 14.2 Å². The van der Waals surface area contributed by atoms with Gasteiger partial charge in [0, 0.05) is 18.3 Å². The Morgan fingerprint density at radius 3 is 2.43 bits per heavy atom. The van der Waals surface area contributed by atoms with Crippen molar-refractivity contribution in [2.75, 3.05) is 31.4 Å². The second-order valence-corrected chi connectivity index (χ2v) is 8.75. The van der Waals surface area contributed by atoms with E-state index >= 15 is 0 Å². The van der Waals surface area contributed by atoms with E-state index in [0.29, 0.717) is 39.8 Å². The van der Waals surface area contributed by atoms with E-state index in [1.165, 1.54) is 16.3 Å². The number of fused-ring (bicyclic) bond motifs is 1. The zero-order valence-electron chi connectivity index (χ0n) is 20.1. The molecule has 1 amide bonds. The van der Waals surface area contributed by atoms with Crippen LogP contribution in [0, 0.1) is 6.92 Å². The summed E-state index contributed by atoms with van der Waals surface area (Å²) in [7, 11) is 3.10. The number of carbonyl (C=O) groups is 1. The molecule has 0 aliphatic carbocycles. The van der Waals surface area contributed by atoms with E-state index in [4.69, 9.17) is 14.5 Å². The minimum atomic E-state index is -0.218. The van der Waals surface area contributed by atoms with E-state index in [2.05, 4.69) is 0 Å². The molecule has 3 aromatic carbocycles. The monoisotopic (exact) mass is 489 g/mol. The summed E-state index contributed by atoms with van der Waals surface area (Å²) in [6, 6.07) is 20.2. The fraction of sp³-hybridized carbons (Fsp3) is 0.222. The zero-order chi connectivity index (χ0) is 24.9. The SMILES string of the molecule is CCN(C(=O)CSc1nc2ccccc2c(=O)n1-c1ccc(OC)c(OC)c1)c1ccccc1C. The van der Waals surface area contributed by atoms with Crippen molar-refractivity contribution in [2.24, 2.45) is 0 Å². The minimum Gasteiger partial charge on any atom is -0.493 e. The molecule has 0 atom stereocenters. The van der Waals surface area contributed by atoms with Crippen molar-refractivity contribution in [3.8, 4) is 17.2 Å². The van der Waals surface area contributed by atoms with E-state index < -0.39 is 0 Å². The first-order valence-electron chi connectivity index (χ1n) is 11.2. The van der Waals surface area contributed by atoms with Gasteiger partial charge in [-0.25, -0.2) is 4.98 Å². The number of para-hydroxylation sites is 2. The third kappa shape index (κ3) is 4.88. The fourth-order valence-corrected chi connectivity index (χ4v) is 4.84. The molecule has 0 aliphatic rings. The van der Waals surface area contributed by atoms with E-state index in [0.717, 1.165) is 11.3 Å². The lowest BCUT2D eigenvalue weighted by Gasteiger charge is -2.23. The van der Waals surface area contributed by atoms with Crippen LogP contribution in [0.5, 0.6) is 11.5 Å². The highest BCUT2D eigenvalue weighted by molar-refractivity contribution is 7.99. The van der Waals surface area contributed by atoms with Gasteiger partial charge in [0.2, 0.25) is 5.91 Å². The first-order valence-corrected chi connectivity index (χ1v) is 12.2. The molecule has 35 heavy (non-hydrogen) atoms. The standard InChI is InChI=1S/C27H27N3O4S/c1-5-29(22-13-9-6-10-18(22)2)25(31)17-35-27-28-21-12-8-7-11-20(21)26(32)30(27)19-14-15-23(33-3)24(16-19)34-4/h6-16H,5,17H2,1-4H3. The molecule has 0 saturated carbocycles. The van der Waals surface area contributed by atoms with E-state index in [9.17, 15) is 9.59 Å². The van der Waals surface area contributed by atoms with Crippen molar-refractivity contribution in [1.82, 2.24) is 9.55 Å². The number of aromatic nitrogens is 2. The Labute approximate surface area is 208 Å². The predicted molar refractivity (Wildman–Crippen MR) is 140 cm³/mol. The number of hydrogen-bond acceptors (Lipinski definition) is 6. The normalized spacial score (nSPS) is 10.9. The summed E-state index contributed by atoms with van der Waals surface area (Å²) in [5, 5.41) is 0.920. The number of benzene rings is 3. The van der Waals surface area contributed by atoms with Gasteiger partial charge >= 0.3 is 0 Å². The molecule has 0 fully saturated rings. The molecule has 4 aromatic rings. The smallest absolute Gasteiger partial charge is 0.266 e. The predicted octanol–water partition coefficient (Wildman–Crippen LogP) is 4.86. The molecule has 180 valence electrons. The summed E-state index contributed by atoms with van der Waals surface area (Å²) in [5.74, 6) is 1.11. The molecular formula is C27H27N3O4S. The molecule has 4 rings (SSSR count). The Bertz CT molecular complexity index is 1430. The van der Waals surface area contributed by atoms with Crippen LogP contribution in [0.25, 0.3) is 16.6 Å². The van der Waals surface area contributed by atoms with E-state index in [-0.39, 0.29) is 17.2 Å². The topological polar surface area (TPSA) is 73.7 Å². The summed E-state index contributed by atoms with van der Waals surface area (Å²) in [4.78, 5) is 33.3. The second-order valence-electron chi connectivity index (χ2n) is 7.80. The summed E-state index contributed by atoms with van der Waals surface area (Å²) < 4.78 is 12.3. The molecule has 0 radical (unpaired) electrons. The van der Waals surface area contributed by atoms with Gasteiger partial charge in [0.05, 0.1) is 36.6 Å². The zero-order valence-corrected chi connectivity index (χ0v) is 21.0. The lowest BCUT2D eigenvalue weighted by molar-refractivity contribution is -0.116. The van der Waals surface area contributed by atoms with E-state index in [1.807, 2.05) is 50.2 Å². The number of aryl methyl sites for hydroxylation is 1. The third-order valence-electron chi connectivity index (χ3n) is 5.72. The Hall–Kier alpha value is -3.78.